The van der Waals surface area contributed by atoms with Crippen molar-refractivity contribution in [2.45, 2.75) is 36.8 Å². The molecule has 8 heteroatoms. The fraction of sp³-hybridized carbons (Fsp3) is 0.423. The first kappa shape index (κ1) is 24.7. The number of nitrogens with one attached hydrogen (secondary N) is 1. The zero-order valence-corrected chi connectivity index (χ0v) is 19.9. The van der Waals surface area contributed by atoms with Crippen molar-refractivity contribution in [3.63, 3.8) is 0 Å². The van der Waals surface area contributed by atoms with Crippen LogP contribution < -0.4 is 10.2 Å². The van der Waals surface area contributed by atoms with Gasteiger partial charge in [-0.1, -0.05) is 25.0 Å². The van der Waals surface area contributed by atoms with E-state index in [-0.39, 0.29) is 0 Å². The maximum atomic E-state index is 12.9. The number of morpholine rings is 1. The molecule has 1 saturated heterocycles. The largest absolute Gasteiger partial charge is 0.416 e. The van der Waals surface area contributed by atoms with Gasteiger partial charge in [-0.15, -0.1) is 11.8 Å². The van der Waals surface area contributed by atoms with Gasteiger partial charge < -0.3 is 15.0 Å². The van der Waals surface area contributed by atoms with Crippen molar-refractivity contribution in [3.8, 4) is 0 Å². The summed E-state index contributed by atoms with van der Waals surface area (Å²) >= 11 is 1.69. The lowest BCUT2D eigenvalue weighted by Gasteiger charge is -2.29. The SMILES string of the molecule is FC(F)(F)c1ccc2c(SCCCCCCNc3cccc(N4CCOCC4)c3)ccnc2c1. The molecule has 1 aliphatic heterocycles. The molecule has 1 aromatic heterocycles. The lowest BCUT2D eigenvalue weighted by Crippen LogP contribution is -2.36. The fourth-order valence-electron chi connectivity index (χ4n) is 4.05. The summed E-state index contributed by atoms with van der Waals surface area (Å²) in [6.07, 6.45) is 1.68. The van der Waals surface area contributed by atoms with Crippen LogP contribution in [-0.4, -0.2) is 43.6 Å². The van der Waals surface area contributed by atoms with E-state index in [1.807, 2.05) is 6.07 Å². The number of benzene rings is 2. The number of unbranched alkanes of at least 4 members (excludes halogenated alkanes) is 3. The van der Waals surface area contributed by atoms with Gasteiger partial charge in [-0.2, -0.15) is 13.2 Å². The second kappa shape index (κ2) is 11.8. The van der Waals surface area contributed by atoms with Crippen molar-refractivity contribution < 1.29 is 17.9 Å². The minimum absolute atomic E-state index is 0.392. The third-order valence-electron chi connectivity index (χ3n) is 5.91. The van der Waals surface area contributed by atoms with Crippen molar-refractivity contribution in [2.75, 3.05) is 48.8 Å². The Labute approximate surface area is 202 Å². The lowest BCUT2D eigenvalue weighted by molar-refractivity contribution is -0.137. The first-order valence-corrected chi connectivity index (χ1v) is 12.7. The smallest absolute Gasteiger partial charge is 0.385 e. The van der Waals surface area contributed by atoms with Crippen molar-refractivity contribution >= 4 is 34.0 Å². The van der Waals surface area contributed by atoms with Gasteiger partial charge in [0.05, 0.1) is 24.3 Å². The van der Waals surface area contributed by atoms with E-state index in [1.54, 1.807) is 18.0 Å². The van der Waals surface area contributed by atoms with E-state index >= 15 is 0 Å². The summed E-state index contributed by atoms with van der Waals surface area (Å²) < 4.78 is 44.3. The van der Waals surface area contributed by atoms with E-state index in [1.165, 1.54) is 11.8 Å². The van der Waals surface area contributed by atoms with E-state index in [0.29, 0.717) is 5.52 Å². The molecular weight excluding hydrogens is 459 g/mol. The van der Waals surface area contributed by atoms with E-state index in [4.69, 9.17) is 4.74 Å². The molecule has 1 aliphatic rings. The summed E-state index contributed by atoms with van der Waals surface area (Å²) in [5.74, 6) is 0.940. The molecule has 1 fully saturated rings. The Balaban J connectivity index is 1.15. The van der Waals surface area contributed by atoms with Gasteiger partial charge in [-0.3, -0.25) is 4.98 Å². The van der Waals surface area contributed by atoms with E-state index in [0.717, 1.165) is 92.4 Å². The minimum Gasteiger partial charge on any atom is -0.385 e. The number of thioether (sulfide) groups is 1. The first-order valence-electron chi connectivity index (χ1n) is 11.8. The van der Waals surface area contributed by atoms with Crippen molar-refractivity contribution in [2.24, 2.45) is 0 Å². The standard InChI is InChI=1S/C26H30F3N3OS/c27-26(28,29)20-8-9-23-24(18-20)31-12-10-25(23)34-17-4-2-1-3-11-30-21-6-5-7-22(19-21)32-13-15-33-16-14-32/h5-10,12,18-19,30H,1-4,11,13-17H2. The Kier molecular flexibility index (Phi) is 8.56. The molecule has 0 saturated carbocycles. The number of fused-ring (bicyclic) bond motifs is 1. The van der Waals surface area contributed by atoms with Crippen molar-refractivity contribution in [1.82, 2.24) is 4.98 Å². The number of rotatable bonds is 10. The Bertz CT molecular complexity index is 1070. The fourth-order valence-corrected chi connectivity index (χ4v) is 5.11. The van der Waals surface area contributed by atoms with Crippen LogP contribution in [0.3, 0.4) is 0 Å². The van der Waals surface area contributed by atoms with Crippen LogP contribution in [-0.2, 0) is 10.9 Å². The van der Waals surface area contributed by atoms with Crippen LogP contribution in [0.1, 0.15) is 31.2 Å². The highest BCUT2D eigenvalue weighted by molar-refractivity contribution is 7.99. The van der Waals surface area contributed by atoms with Crippen molar-refractivity contribution in [3.05, 3.63) is 60.3 Å². The molecular formula is C26H30F3N3OS. The third kappa shape index (κ3) is 6.79. The highest BCUT2D eigenvalue weighted by Gasteiger charge is 2.30. The molecule has 0 aliphatic carbocycles. The Morgan fingerprint density at radius 3 is 2.62 bits per heavy atom. The average Bonchev–Trinajstić information content (AvgIpc) is 2.85. The molecule has 0 spiro atoms. The summed E-state index contributed by atoms with van der Waals surface area (Å²) in [6, 6.07) is 14.2. The highest BCUT2D eigenvalue weighted by atomic mass is 32.2. The quantitative estimate of drug-likeness (QED) is 0.249. The number of ether oxygens (including phenoxy) is 1. The van der Waals surface area contributed by atoms with Gasteiger partial charge >= 0.3 is 6.18 Å². The molecule has 0 amide bonds. The summed E-state index contributed by atoms with van der Waals surface area (Å²) in [5.41, 5.74) is 2.13. The average molecular weight is 490 g/mol. The molecule has 0 unspecified atom stereocenters. The monoisotopic (exact) mass is 489 g/mol. The van der Waals surface area contributed by atoms with Crippen LogP contribution in [0.4, 0.5) is 24.5 Å². The van der Waals surface area contributed by atoms with E-state index in [9.17, 15) is 13.2 Å². The highest BCUT2D eigenvalue weighted by Crippen LogP contribution is 2.34. The summed E-state index contributed by atoms with van der Waals surface area (Å²) in [4.78, 5) is 7.46. The number of hydrogen-bond donors (Lipinski definition) is 1. The first-order chi connectivity index (χ1) is 16.5. The molecule has 34 heavy (non-hydrogen) atoms. The number of hydrogen-bond acceptors (Lipinski definition) is 5. The molecule has 1 N–H and O–H groups in total. The number of halogens is 3. The van der Waals surface area contributed by atoms with Crippen molar-refractivity contribution in [1.29, 1.82) is 0 Å². The second-order valence-corrected chi connectivity index (χ2v) is 9.51. The summed E-state index contributed by atoms with van der Waals surface area (Å²) in [7, 11) is 0. The van der Waals surface area contributed by atoms with Gasteiger partial charge in [-0.05, 0) is 55.0 Å². The molecule has 0 atom stereocenters. The van der Waals surface area contributed by atoms with Gasteiger partial charge in [0.25, 0.3) is 0 Å². The minimum atomic E-state index is -4.35. The predicted octanol–water partition coefficient (Wildman–Crippen LogP) is 6.85. The van der Waals surface area contributed by atoms with E-state index in [2.05, 4.69) is 39.5 Å². The molecule has 3 aromatic rings. The second-order valence-electron chi connectivity index (χ2n) is 8.38. The Morgan fingerprint density at radius 2 is 1.79 bits per heavy atom. The number of alkyl halides is 3. The third-order valence-corrected chi connectivity index (χ3v) is 7.07. The molecule has 0 bridgehead atoms. The number of anilines is 2. The summed E-state index contributed by atoms with van der Waals surface area (Å²) in [5, 5.41) is 4.31. The zero-order valence-electron chi connectivity index (χ0n) is 19.1. The maximum Gasteiger partial charge on any atom is 0.416 e. The molecule has 4 rings (SSSR count). The number of nitrogens with zero attached hydrogens (tertiary/aromatic N) is 2. The van der Waals surface area contributed by atoms with E-state index < -0.39 is 11.7 Å². The van der Waals surface area contributed by atoms with Crippen LogP contribution >= 0.6 is 11.8 Å². The molecule has 2 heterocycles. The van der Waals surface area contributed by atoms with Crippen LogP contribution in [0.5, 0.6) is 0 Å². The molecule has 182 valence electrons. The lowest BCUT2D eigenvalue weighted by atomic mass is 10.1. The Hall–Kier alpha value is -2.45. The normalized spacial score (nSPS) is 14.5. The predicted molar refractivity (Wildman–Crippen MR) is 134 cm³/mol. The van der Waals surface area contributed by atoms with Gasteiger partial charge in [0.15, 0.2) is 0 Å². The Morgan fingerprint density at radius 1 is 0.971 bits per heavy atom. The molecule has 0 radical (unpaired) electrons. The van der Waals surface area contributed by atoms with Gasteiger partial charge in [-0.25, -0.2) is 0 Å². The topological polar surface area (TPSA) is 37.4 Å². The van der Waals surface area contributed by atoms with Crippen LogP contribution in [0.15, 0.2) is 59.6 Å². The van der Waals surface area contributed by atoms with Crippen LogP contribution in [0.25, 0.3) is 10.9 Å². The van der Waals surface area contributed by atoms with Gasteiger partial charge in [0, 0.05) is 47.5 Å². The number of pyridine rings is 1. The van der Waals surface area contributed by atoms with Gasteiger partial charge in [0.1, 0.15) is 0 Å². The van der Waals surface area contributed by atoms with Gasteiger partial charge in [0.2, 0.25) is 0 Å². The summed E-state index contributed by atoms with van der Waals surface area (Å²) in [6.45, 7) is 4.38. The van der Waals surface area contributed by atoms with Crippen LogP contribution in [0, 0.1) is 0 Å². The maximum absolute atomic E-state index is 12.9. The number of aromatic nitrogens is 1. The molecule has 2 aromatic carbocycles. The van der Waals surface area contributed by atoms with Crippen LogP contribution in [0.2, 0.25) is 0 Å². The molecule has 4 nitrogen and oxygen atoms in total. The zero-order chi connectivity index (χ0) is 23.8.